The van der Waals surface area contributed by atoms with E-state index in [2.05, 4.69) is 15.1 Å². The highest BCUT2D eigenvalue weighted by molar-refractivity contribution is 5.88. The molecule has 5 heteroatoms. The normalized spacial score (nSPS) is 10.9. The zero-order valence-corrected chi connectivity index (χ0v) is 9.11. The molecule has 0 spiro atoms. The molecule has 0 fully saturated rings. The number of hydrogen-bond acceptors (Lipinski definition) is 4. The lowest BCUT2D eigenvalue weighted by molar-refractivity contribution is 0.861. The second-order valence-electron chi connectivity index (χ2n) is 3.69. The minimum absolute atomic E-state index is 0.424. The number of pyridine rings is 1. The van der Waals surface area contributed by atoms with Gasteiger partial charge in [0.25, 0.3) is 0 Å². The Balaban J connectivity index is 2.39. The van der Waals surface area contributed by atoms with E-state index in [1.165, 1.54) is 6.33 Å². The summed E-state index contributed by atoms with van der Waals surface area (Å²) in [5.41, 5.74) is 8.58. The summed E-state index contributed by atoms with van der Waals surface area (Å²) in [6, 6.07) is 7.92. The summed E-state index contributed by atoms with van der Waals surface area (Å²) in [5, 5.41) is 5.20. The first kappa shape index (κ1) is 9.92. The quantitative estimate of drug-likeness (QED) is 0.713. The van der Waals surface area contributed by atoms with Crippen molar-refractivity contribution in [3.63, 3.8) is 0 Å². The lowest BCUT2D eigenvalue weighted by Gasteiger charge is -2.10. The number of fused-ring (bicyclic) bond motifs is 1. The molecule has 2 N–H and O–H groups in total. The first-order valence-electron chi connectivity index (χ1n) is 5.32. The van der Waals surface area contributed by atoms with Crippen LogP contribution in [0.4, 0.5) is 0 Å². The molecule has 0 aliphatic carbocycles. The molecule has 0 aliphatic rings. The van der Waals surface area contributed by atoms with Crippen LogP contribution in [0.5, 0.6) is 0 Å². The summed E-state index contributed by atoms with van der Waals surface area (Å²) in [6.45, 7) is 0.424. The molecule has 0 aliphatic heterocycles. The van der Waals surface area contributed by atoms with Crippen LogP contribution in [0.25, 0.3) is 16.6 Å². The van der Waals surface area contributed by atoms with Gasteiger partial charge in [-0.2, -0.15) is 5.10 Å². The van der Waals surface area contributed by atoms with Crippen LogP contribution in [0, 0.1) is 0 Å². The van der Waals surface area contributed by atoms with Gasteiger partial charge >= 0.3 is 0 Å². The summed E-state index contributed by atoms with van der Waals surface area (Å²) >= 11 is 0. The van der Waals surface area contributed by atoms with Gasteiger partial charge in [0.2, 0.25) is 0 Å². The van der Waals surface area contributed by atoms with E-state index >= 15 is 0 Å². The van der Waals surface area contributed by atoms with Crippen molar-refractivity contribution in [2.24, 2.45) is 5.73 Å². The van der Waals surface area contributed by atoms with E-state index in [4.69, 9.17) is 5.73 Å². The van der Waals surface area contributed by atoms with Gasteiger partial charge in [-0.1, -0.05) is 18.2 Å². The highest BCUT2D eigenvalue weighted by Gasteiger charge is 2.09. The lowest BCUT2D eigenvalue weighted by Crippen LogP contribution is -2.06. The van der Waals surface area contributed by atoms with Crippen LogP contribution in [0.1, 0.15) is 5.56 Å². The fourth-order valence-corrected chi connectivity index (χ4v) is 1.91. The molecule has 0 atom stereocenters. The van der Waals surface area contributed by atoms with Crippen molar-refractivity contribution in [2.75, 3.05) is 0 Å². The van der Waals surface area contributed by atoms with Crippen LogP contribution in [-0.2, 0) is 6.54 Å². The topological polar surface area (TPSA) is 69.6 Å². The van der Waals surface area contributed by atoms with Crippen LogP contribution in [-0.4, -0.2) is 19.7 Å². The predicted octanol–water partition coefficient (Wildman–Crippen LogP) is 1.27. The number of hydrogen-bond donors (Lipinski definition) is 1. The van der Waals surface area contributed by atoms with Crippen molar-refractivity contribution in [1.29, 1.82) is 0 Å². The Labute approximate surface area is 97.9 Å². The molecule has 0 unspecified atom stereocenters. The first-order chi connectivity index (χ1) is 8.40. The van der Waals surface area contributed by atoms with Crippen molar-refractivity contribution in [1.82, 2.24) is 19.7 Å². The third kappa shape index (κ3) is 1.57. The molecule has 1 aromatic carbocycles. The van der Waals surface area contributed by atoms with E-state index in [0.717, 1.165) is 22.2 Å². The largest absolute Gasteiger partial charge is 0.326 e. The molecule has 0 saturated carbocycles. The van der Waals surface area contributed by atoms with E-state index in [-0.39, 0.29) is 0 Å². The Bertz CT molecular complexity index is 645. The summed E-state index contributed by atoms with van der Waals surface area (Å²) in [6.07, 6.45) is 4.97. The molecule has 17 heavy (non-hydrogen) atoms. The van der Waals surface area contributed by atoms with Gasteiger partial charge < -0.3 is 5.73 Å². The van der Waals surface area contributed by atoms with Gasteiger partial charge in [-0.25, -0.2) is 9.67 Å². The van der Waals surface area contributed by atoms with Gasteiger partial charge in [-0.3, -0.25) is 4.98 Å². The molecule has 3 aromatic rings. The van der Waals surface area contributed by atoms with E-state index in [9.17, 15) is 0 Å². The highest BCUT2D eigenvalue weighted by atomic mass is 15.3. The predicted molar refractivity (Wildman–Crippen MR) is 64.6 cm³/mol. The summed E-state index contributed by atoms with van der Waals surface area (Å²) in [7, 11) is 0. The van der Waals surface area contributed by atoms with Crippen molar-refractivity contribution in [2.45, 2.75) is 6.54 Å². The van der Waals surface area contributed by atoms with Gasteiger partial charge in [0, 0.05) is 23.7 Å². The third-order valence-electron chi connectivity index (χ3n) is 2.69. The standard InChI is InChI=1S/C12H11N5/c13-5-9-6-15-11-4-2-1-3-10(11)12(9)17-8-14-7-16-17/h1-4,6-8H,5,13H2. The van der Waals surface area contributed by atoms with Crippen molar-refractivity contribution >= 4 is 10.9 Å². The average molecular weight is 225 g/mol. The van der Waals surface area contributed by atoms with Gasteiger partial charge in [-0.15, -0.1) is 0 Å². The number of aromatic nitrogens is 4. The summed E-state index contributed by atoms with van der Waals surface area (Å²) in [5.74, 6) is 0. The van der Waals surface area contributed by atoms with Crippen molar-refractivity contribution in [3.8, 4) is 5.69 Å². The minimum Gasteiger partial charge on any atom is -0.326 e. The van der Waals surface area contributed by atoms with Gasteiger partial charge in [0.15, 0.2) is 0 Å². The zero-order chi connectivity index (χ0) is 11.7. The Morgan fingerprint density at radius 3 is 2.88 bits per heavy atom. The van der Waals surface area contributed by atoms with Gasteiger partial charge in [0.05, 0.1) is 11.2 Å². The van der Waals surface area contributed by atoms with E-state index in [1.54, 1.807) is 17.2 Å². The van der Waals surface area contributed by atoms with Crippen molar-refractivity contribution < 1.29 is 0 Å². The first-order valence-corrected chi connectivity index (χ1v) is 5.32. The monoisotopic (exact) mass is 225 g/mol. The average Bonchev–Trinajstić information content (AvgIpc) is 2.91. The second kappa shape index (κ2) is 3.95. The Morgan fingerprint density at radius 2 is 2.12 bits per heavy atom. The van der Waals surface area contributed by atoms with Crippen LogP contribution in [0.2, 0.25) is 0 Å². The summed E-state index contributed by atoms with van der Waals surface area (Å²) < 4.78 is 1.73. The van der Waals surface area contributed by atoms with Gasteiger partial charge in [-0.05, 0) is 6.07 Å². The maximum Gasteiger partial charge on any atom is 0.138 e. The number of nitrogens with zero attached hydrogens (tertiary/aromatic N) is 4. The molecule has 84 valence electrons. The van der Waals surface area contributed by atoms with E-state index in [1.807, 2.05) is 24.3 Å². The molecule has 3 rings (SSSR count). The van der Waals surface area contributed by atoms with Crippen LogP contribution >= 0.6 is 0 Å². The number of para-hydroxylation sites is 1. The fraction of sp³-hybridized carbons (Fsp3) is 0.0833. The SMILES string of the molecule is NCc1cnc2ccccc2c1-n1cncn1. The molecular weight excluding hydrogens is 214 g/mol. The van der Waals surface area contributed by atoms with Crippen LogP contribution in [0.15, 0.2) is 43.1 Å². The number of nitrogens with two attached hydrogens (primary N) is 1. The Hall–Kier alpha value is -2.27. The molecule has 0 radical (unpaired) electrons. The molecule has 0 bridgehead atoms. The number of rotatable bonds is 2. The minimum atomic E-state index is 0.424. The van der Waals surface area contributed by atoms with Crippen molar-refractivity contribution in [3.05, 3.63) is 48.7 Å². The highest BCUT2D eigenvalue weighted by Crippen LogP contribution is 2.23. The molecule has 2 heterocycles. The Kier molecular flexibility index (Phi) is 2.31. The smallest absolute Gasteiger partial charge is 0.138 e. The second-order valence-corrected chi connectivity index (χ2v) is 3.69. The summed E-state index contributed by atoms with van der Waals surface area (Å²) in [4.78, 5) is 8.35. The van der Waals surface area contributed by atoms with E-state index in [0.29, 0.717) is 6.54 Å². The molecule has 5 nitrogen and oxygen atoms in total. The Morgan fingerprint density at radius 1 is 1.24 bits per heavy atom. The molecule has 2 aromatic heterocycles. The molecule has 0 saturated heterocycles. The molecular formula is C12H11N5. The van der Waals surface area contributed by atoms with Crippen LogP contribution in [0.3, 0.4) is 0 Å². The van der Waals surface area contributed by atoms with Crippen LogP contribution < -0.4 is 5.73 Å². The number of benzene rings is 1. The zero-order valence-electron chi connectivity index (χ0n) is 9.11. The maximum absolute atomic E-state index is 5.75. The lowest BCUT2D eigenvalue weighted by atomic mass is 10.1. The van der Waals surface area contributed by atoms with E-state index < -0.39 is 0 Å². The third-order valence-corrected chi connectivity index (χ3v) is 2.69. The maximum atomic E-state index is 5.75. The van der Waals surface area contributed by atoms with Gasteiger partial charge in [0.1, 0.15) is 12.7 Å². The molecule has 0 amide bonds. The fourth-order valence-electron chi connectivity index (χ4n) is 1.91.